The topological polar surface area (TPSA) is 48.5 Å². The molecular formula is C19H26N4O. The van der Waals surface area contributed by atoms with Gasteiger partial charge in [-0.15, -0.1) is 12.3 Å². The minimum Gasteiger partial charge on any atom is -0.354 e. The van der Waals surface area contributed by atoms with Crippen molar-refractivity contribution in [2.45, 2.75) is 32.2 Å². The number of carbonyl (C=O) groups excluding carboxylic acids is 1. The maximum atomic E-state index is 12.5. The molecule has 1 N–H and O–H groups in total. The molecule has 5 nitrogen and oxygen atoms in total. The number of amides is 1. The quantitative estimate of drug-likeness (QED) is 0.836. The Labute approximate surface area is 144 Å². The van der Waals surface area contributed by atoms with Gasteiger partial charge in [0.25, 0.3) is 0 Å². The standard InChI is InChI=1S/C19H26N4O/c1-3-6-19(7-4-8-19)18(24)21-15-16-5-9-20-17(14-16)23-12-10-22(2)11-13-23/h1,5,9,14H,4,6-8,10-13,15H2,2H3,(H,21,24). The number of terminal acetylenes is 1. The summed E-state index contributed by atoms with van der Waals surface area (Å²) >= 11 is 0. The lowest BCUT2D eigenvalue weighted by molar-refractivity contribution is -0.135. The van der Waals surface area contributed by atoms with Crippen LogP contribution in [0.3, 0.4) is 0 Å². The number of likely N-dealkylation sites (N-methyl/N-ethyl adjacent to an activating group) is 1. The predicted octanol–water partition coefficient (Wildman–Crippen LogP) is 1.64. The van der Waals surface area contributed by atoms with E-state index in [0.717, 1.165) is 56.8 Å². The summed E-state index contributed by atoms with van der Waals surface area (Å²) in [6.45, 7) is 4.62. The molecule has 128 valence electrons. The zero-order valence-corrected chi connectivity index (χ0v) is 14.4. The molecule has 1 aliphatic heterocycles. The molecule has 1 amide bonds. The summed E-state index contributed by atoms with van der Waals surface area (Å²) in [6.07, 6.45) is 10.7. The van der Waals surface area contributed by atoms with Gasteiger partial charge in [-0.1, -0.05) is 6.42 Å². The van der Waals surface area contributed by atoms with Crippen molar-refractivity contribution < 1.29 is 4.79 Å². The first-order valence-electron chi connectivity index (χ1n) is 8.73. The SMILES string of the molecule is C#CCC1(C(=O)NCc2ccnc(N3CCN(C)CC3)c2)CCC1. The normalized spacial score (nSPS) is 20.1. The van der Waals surface area contributed by atoms with E-state index in [1.807, 2.05) is 12.3 Å². The van der Waals surface area contributed by atoms with E-state index in [1.165, 1.54) is 0 Å². The average molecular weight is 326 g/mol. The maximum absolute atomic E-state index is 12.5. The van der Waals surface area contributed by atoms with Crippen LogP contribution >= 0.6 is 0 Å². The monoisotopic (exact) mass is 326 g/mol. The second-order valence-corrected chi connectivity index (χ2v) is 7.01. The number of pyridine rings is 1. The molecule has 5 heteroatoms. The highest BCUT2D eigenvalue weighted by Gasteiger charge is 2.43. The molecule has 0 atom stereocenters. The van der Waals surface area contributed by atoms with Gasteiger partial charge in [-0.25, -0.2) is 4.98 Å². The van der Waals surface area contributed by atoms with Gasteiger partial charge in [0, 0.05) is 45.3 Å². The molecule has 3 rings (SSSR count). The highest BCUT2D eigenvalue weighted by Crippen LogP contribution is 2.43. The van der Waals surface area contributed by atoms with E-state index in [0.29, 0.717) is 13.0 Å². The van der Waals surface area contributed by atoms with E-state index in [-0.39, 0.29) is 11.3 Å². The first-order valence-corrected chi connectivity index (χ1v) is 8.73. The number of anilines is 1. The molecule has 2 fully saturated rings. The van der Waals surface area contributed by atoms with E-state index < -0.39 is 0 Å². The summed E-state index contributed by atoms with van der Waals surface area (Å²) in [4.78, 5) is 21.6. The minimum atomic E-state index is -0.317. The lowest BCUT2D eigenvalue weighted by atomic mass is 9.66. The Morgan fingerprint density at radius 2 is 2.12 bits per heavy atom. The summed E-state index contributed by atoms with van der Waals surface area (Å²) in [7, 11) is 2.14. The number of nitrogens with one attached hydrogen (secondary N) is 1. The zero-order chi connectivity index (χ0) is 17.0. The highest BCUT2D eigenvalue weighted by molar-refractivity contribution is 5.83. The van der Waals surface area contributed by atoms with E-state index >= 15 is 0 Å². The number of nitrogens with zero attached hydrogens (tertiary/aromatic N) is 3. The van der Waals surface area contributed by atoms with Crippen LogP contribution in [-0.2, 0) is 11.3 Å². The van der Waals surface area contributed by atoms with Crippen molar-refractivity contribution in [3.05, 3.63) is 23.9 Å². The fourth-order valence-corrected chi connectivity index (χ4v) is 3.43. The fourth-order valence-electron chi connectivity index (χ4n) is 3.43. The minimum absolute atomic E-state index is 0.102. The van der Waals surface area contributed by atoms with Gasteiger partial charge in [0.1, 0.15) is 5.82 Å². The van der Waals surface area contributed by atoms with Gasteiger partial charge < -0.3 is 15.1 Å². The molecule has 1 saturated heterocycles. The molecule has 1 aromatic heterocycles. The van der Waals surface area contributed by atoms with Crippen LogP contribution in [0.1, 0.15) is 31.2 Å². The van der Waals surface area contributed by atoms with Crippen LogP contribution in [0.4, 0.5) is 5.82 Å². The number of aromatic nitrogens is 1. The third kappa shape index (κ3) is 3.54. The van der Waals surface area contributed by atoms with Gasteiger partial charge in [-0.05, 0) is 37.6 Å². The Bertz CT molecular complexity index is 624. The van der Waals surface area contributed by atoms with Crippen LogP contribution in [0.15, 0.2) is 18.3 Å². The van der Waals surface area contributed by atoms with Crippen molar-refractivity contribution in [2.24, 2.45) is 5.41 Å². The Hall–Kier alpha value is -2.06. The smallest absolute Gasteiger partial charge is 0.227 e. The molecule has 1 aromatic rings. The van der Waals surface area contributed by atoms with Gasteiger partial charge in [-0.3, -0.25) is 4.79 Å². The Morgan fingerprint density at radius 1 is 1.38 bits per heavy atom. The van der Waals surface area contributed by atoms with Crippen LogP contribution in [0.2, 0.25) is 0 Å². The number of rotatable bonds is 5. The Morgan fingerprint density at radius 3 is 2.75 bits per heavy atom. The number of hydrogen-bond acceptors (Lipinski definition) is 4. The molecule has 0 radical (unpaired) electrons. The second-order valence-electron chi connectivity index (χ2n) is 7.01. The van der Waals surface area contributed by atoms with Gasteiger partial charge in [0.15, 0.2) is 0 Å². The van der Waals surface area contributed by atoms with Gasteiger partial charge >= 0.3 is 0 Å². The lowest BCUT2D eigenvalue weighted by Gasteiger charge is -2.38. The van der Waals surface area contributed by atoms with Gasteiger partial charge in [-0.2, -0.15) is 0 Å². The molecule has 2 aliphatic rings. The molecule has 1 aliphatic carbocycles. The summed E-state index contributed by atoms with van der Waals surface area (Å²) in [5.41, 5.74) is 0.768. The Kier molecular flexibility index (Phi) is 5.06. The largest absolute Gasteiger partial charge is 0.354 e. The summed E-state index contributed by atoms with van der Waals surface area (Å²) < 4.78 is 0. The number of hydrogen-bond donors (Lipinski definition) is 1. The number of carbonyl (C=O) groups is 1. The van der Waals surface area contributed by atoms with Crippen LogP contribution in [-0.4, -0.2) is 49.0 Å². The fraction of sp³-hybridized carbons (Fsp3) is 0.579. The van der Waals surface area contributed by atoms with Crippen molar-refractivity contribution in [1.29, 1.82) is 0 Å². The summed E-state index contributed by atoms with van der Waals surface area (Å²) in [5, 5.41) is 3.07. The van der Waals surface area contributed by atoms with E-state index in [2.05, 4.69) is 39.1 Å². The first kappa shape index (κ1) is 16.8. The van der Waals surface area contributed by atoms with Gasteiger partial charge in [0.2, 0.25) is 5.91 Å². The predicted molar refractivity (Wildman–Crippen MR) is 95.5 cm³/mol. The first-order chi connectivity index (χ1) is 11.6. The third-order valence-electron chi connectivity index (χ3n) is 5.32. The zero-order valence-electron chi connectivity index (χ0n) is 14.4. The van der Waals surface area contributed by atoms with Crippen molar-refractivity contribution in [2.75, 3.05) is 38.1 Å². The van der Waals surface area contributed by atoms with Crippen LogP contribution in [0.25, 0.3) is 0 Å². The maximum Gasteiger partial charge on any atom is 0.227 e. The molecule has 0 spiro atoms. The average Bonchev–Trinajstić information content (AvgIpc) is 2.57. The third-order valence-corrected chi connectivity index (χ3v) is 5.32. The Balaban J connectivity index is 1.59. The van der Waals surface area contributed by atoms with Crippen molar-refractivity contribution in [3.8, 4) is 12.3 Å². The van der Waals surface area contributed by atoms with Crippen molar-refractivity contribution in [1.82, 2.24) is 15.2 Å². The molecular weight excluding hydrogens is 300 g/mol. The van der Waals surface area contributed by atoms with Crippen molar-refractivity contribution >= 4 is 11.7 Å². The summed E-state index contributed by atoms with van der Waals surface area (Å²) in [5.74, 6) is 3.76. The van der Waals surface area contributed by atoms with Crippen molar-refractivity contribution in [3.63, 3.8) is 0 Å². The molecule has 1 saturated carbocycles. The van der Waals surface area contributed by atoms with Crippen LogP contribution in [0, 0.1) is 17.8 Å². The molecule has 2 heterocycles. The van der Waals surface area contributed by atoms with E-state index in [9.17, 15) is 4.79 Å². The molecule has 0 unspecified atom stereocenters. The van der Waals surface area contributed by atoms with Crippen LogP contribution < -0.4 is 10.2 Å². The van der Waals surface area contributed by atoms with Gasteiger partial charge in [0.05, 0.1) is 5.41 Å². The highest BCUT2D eigenvalue weighted by atomic mass is 16.2. The molecule has 24 heavy (non-hydrogen) atoms. The van der Waals surface area contributed by atoms with E-state index in [1.54, 1.807) is 0 Å². The van der Waals surface area contributed by atoms with Crippen LogP contribution in [0.5, 0.6) is 0 Å². The molecule has 0 aromatic carbocycles. The molecule has 0 bridgehead atoms. The lowest BCUT2D eigenvalue weighted by Crippen LogP contribution is -2.45. The van der Waals surface area contributed by atoms with E-state index in [4.69, 9.17) is 6.42 Å². The second kappa shape index (κ2) is 7.23. The number of piperazine rings is 1. The summed E-state index contributed by atoms with van der Waals surface area (Å²) in [6, 6.07) is 4.05.